The lowest BCUT2D eigenvalue weighted by atomic mass is 9.86. The number of aromatic nitrogens is 2. The highest BCUT2D eigenvalue weighted by atomic mass is 35.5. The molecule has 1 aromatic heterocycles. The number of benzene rings is 1. The van der Waals surface area contributed by atoms with Crippen LogP contribution in [0.1, 0.15) is 0 Å². The summed E-state index contributed by atoms with van der Waals surface area (Å²) in [6.07, 6.45) is 4.88. The smallest absolute Gasteiger partial charge is 0.318 e. The molecule has 0 saturated carbocycles. The van der Waals surface area contributed by atoms with Gasteiger partial charge in [0.2, 0.25) is 5.89 Å². The summed E-state index contributed by atoms with van der Waals surface area (Å²) in [5, 5.41) is 9.02. The van der Waals surface area contributed by atoms with E-state index in [1.165, 1.54) is 0 Å². The van der Waals surface area contributed by atoms with Gasteiger partial charge >= 0.3 is 6.01 Å². The molecule has 2 saturated heterocycles. The Hall–Kier alpha value is -1.85. The van der Waals surface area contributed by atoms with E-state index in [4.69, 9.17) is 20.8 Å². The van der Waals surface area contributed by atoms with Crippen LogP contribution in [0.15, 0.2) is 40.8 Å². The van der Waals surface area contributed by atoms with Gasteiger partial charge in [-0.2, -0.15) is 0 Å². The predicted octanol–water partition coefficient (Wildman–Crippen LogP) is 2.78. The lowest BCUT2D eigenvalue weighted by molar-refractivity contribution is 0.100. The Morgan fingerprint density at radius 1 is 1.09 bits per heavy atom. The van der Waals surface area contributed by atoms with Crippen molar-refractivity contribution in [1.82, 2.24) is 10.2 Å². The summed E-state index contributed by atoms with van der Waals surface area (Å²) in [7, 11) is 0. The molecule has 4 atom stereocenters. The van der Waals surface area contributed by atoms with Crippen molar-refractivity contribution >= 4 is 17.6 Å². The Labute approximate surface area is 132 Å². The van der Waals surface area contributed by atoms with Crippen molar-refractivity contribution in [1.29, 1.82) is 0 Å². The van der Waals surface area contributed by atoms with E-state index in [0.717, 1.165) is 18.7 Å². The molecule has 112 valence electrons. The van der Waals surface area contributed by atoms with Gasteiger partial charge < -0.3 is 14.1 Å². The van der Waals surface area contributed by atoms with E-state index in [1.807, 2.05) is 24.3 Å². The molecule has 2 aromatic rings. The minimum Gasteiger partial charge on any atom is -0.403 e. The van der Waals surface area contributed by atoms with Crippen LogP contribution < -0.4 is 4.90 Å². The molecule has 2 fully saturated rings. The van der Waals surface area contributed by atoms with E-state index in [0.29, 0.717) is 28.8 Å². The molecule has 1 aromatic carbocycles. The molecule has 5 rings (SSSR count). The fourth-order valence-electron chi connectivity index (χ4n) is 3.77. The number of anilines is 1. The lowest BCUT2D eigenvalue weighted by Crippen LogP contribution is -2.24. The fourth-order valence-corrected chi connectivity index (χ4v) is 3.96. The minimum absolute atomic E-state index is 0.260. The number of fused-ring (bicyclic) bond motifs is 5. The van der Waals surface area contributed by atoms with Crippen molar-refractivity contribution in [2.45, 2.75) is 12.2 Å². The van der Waals surface area contributed by atoms with Crippen molar-refractivity contribution in [3.05, 3.63) is 41.4 Å². The number of nitrogens with zero attached hydrogens (tertiary/aromatic N) is 3. The van der Waals surface area contributed by atoms with Crippen molar-refractivity contribution in [3.8, 4) is 11.5 Å². The first-order valence-electron chi connectivity index (χ1n) is 7.46. The largest absolute Gasteiger partial charge is 0.403 e. The van der Waals surface area contributed by atoms with E-state index in [1.54, 1.807) is 0 Å². The standard InChI is InChI=1S/C16H14ClN3O2/c17-10-3-1-2-9(6-10)15-18-19-16(22-15)20-7-11-12(8-20)14-5-4-13(11)21-14/h1-6,11-14H,7-8H2. The van der Waals surface area contributed by atoms with Gasteiger partial charge in [-0.05, 0) is 18.2 Å². The maximum atomic E-state index is 6.01. The van der Waals surface area contributed by atoms with E-state index in [2.05, 4.69) is 27.2 Å². The molecule has 4 heterocycles. The third kappa shape index (κ3) is 1.82. The third-order valence-corrected chi connectivity index (χ3v) is 5.05. The first kappa shape index (κ1) is 12.7. The first-order chi connectivity index (χ1) is 10.8. The van der Waals surface area contributed by atoms with Gasteiger partial charge in [0.25, 0.3) is 0 Å². The van der Waals surface area contributed by atoms with Crippen molar-refractivity contribution < 1.29 is 9.15 Å². The Morgan fingerprint density at radius 3 is 2.59 bits per heavy atom. The summed E-state index contributed by atoms with van der Waals surface area (Å²) < 4.78 is 11.7. The number of hydrogen-bond acceptors (Lipinski definition) is 5. The molecule has 2 bridgehead atoms. The number of halogens is 1. The fraction of sp³-hybridized carbons (Fsp3) is 0.375. The van der Waals surface area contributed by atoms with Gasteiger partial charge in [-0.3, -0.25) is 0 Å². The van der Waals surface area contributed by atoms with Crippen LogP contribution in [0.2, 0.25) is 5.02 Å². The zero-order valence-corrected chi connectivity index (χ0v) is 12.5. The zero-order valence-electron chi connectivity index (χ0n) is 11.7. The summed E-state index contributed by atoms with van der Waals surface area (Å²) in [6.45, 7) is 1.82. The van der Waals surface area contributed by atoms with Crippen LogP contribution in [0, 0.1) is 11.8 Å². The van der Waals surface area contributed by atoms with Crippen LogP contribution in [0.4, 0.5) is 6.01 Å². The second-order valence-corrected chi connectivity index (χ2v) is 6.52. The zero-order chi connectivity index (χ0) is 14.7. The summed E-state index contributed by atoms with van der Waals surface area (Å²) in [6, 6.07) is 8.04. The van der Waals surface area contributed by atoms with Gasteiger partial charge in [-0.25, -0.2) is 0 Å². The topological polar surface area (TPSA) is 51.4 Å². The van der Waals surface area contributed by atoms with E-state index in [-0.39, 0.29) is 12.2 Å². The van der Waals surface area contributed by atoms with Gasteiger partial charge in [0.1, 0.15) is 0 Å². The van der Waals surface area contributed by atoms with Crippen LogP contribution in [0.25, 0.3) is 11.5 Å². The first-order valence-corrected chi connectivity index (χ1v) is 7.84. The van der Waals surface area contributed by atoms with Crippen LogP contribution in [0.3, 0.4) is 0 Å². The third-order valence-electron chi connectivity index (χ3n) is 4.82. The molecule has 6 heteroatoms. The van der Waals surface area contributed by atoms with Gasteiger partial charge in [0.05, 0.1) is 12.2 Å². The monoisotopic (exact) mass is 315 g/mol. The predicted molar refractivity (Wildman–Crippen MR) is 81.7 cm³/mol. The molecular formula is C16H14ClN3O2. The molecule has 0 amide bonds. The second kappa shape index (κ2) is 4.57. The average Bonchev–Trinajstić information content (AvgIpc) is 3.27. The molecule has 5 nitrogen and oxygen atoms in total. The number of hydrogen-bond donors (Lipinski definition) is 0. The van der Waals surface area contributed by atoms with Crippen LogP contribution in [-0.2, 0) is 4.74 Å². The van der Waals surface area contributed by atoms with Crippen molar-refractivity contribution in [3.63, 3.8) is 0 Å². The molecule has 3 aliphatic rings. The van der Waals surface area contributed by atoms with E-state index < -0.39 is 0 Å². The van der Waals surface area contributed by atoms with E-state index >= 15 is 0 Å². The molecule has 22 heavy (non-hydrogen) atoms. The molecule has 3 aliphatic heterocycles. The highest BCUT2D eigenvalue weighted by molar-refractivity contribution is 6.30. The summed E-state index contributed by atoms with van der Waals surface area (Å²) in [5.41, 5.74) is 0.843. The molecule has 0 aliphatic carbocycles. The van der Waals surface area contributed by atoms with Crippen LogP contribution in [-0.4, -0.2) is 35.5 Å². The molecule has 0 radical (unpaired) electrons. The van der Waals surface area contributed by atoms with Crippen LogP contribution in [0.5, 0.6) is 0 Å². The molecule has 0 spiro atoms. The highest BCUT2D eigenvalue weighted by Gasteiger charge is 2.51. The second-order valence-electron chi connectivity index (χ2n) is 6.08. The number of rotatable bonds is 2. The normalized spacial score (nSPS) is 32.0. The van der Waals surface area contributed by atoms with Crippen LogP contribution >= 0.6 is 11.6 Å². The van der Waals surface area contributed by atoms with Crippen molar-refractivity contribution in [2.24, 2.45) is 11.8 Å². The minimum atomic E-state index is 0.260. The molecule has 0 N–H and O–H groups in total. The Morgan fingerprint density at radius 2 is 1.86 bits per heavy atom. The molecular weight excluding hydrogens is 302 g/mol. The Bertz CT molecular complexity index is 739. The summed E-state index contributed by atoms with van der Waals surface area (Å²) >= 11 is 6.01. The highest BCUT2D eigenvalue weighted by Crippen LogP contribution is 2.44. The molecule has 4 unspecified atom stereocenters. The van der Waals surface area contributed by atoms with E-state index in [9.17, 15) is 0 Å². The Kier molecular flexibility index (Phi) is 2.63. The Balaban J connectivity index is 1.40. The van der Waals surface area contributed by atoms with Gasteiger partial charge in [0, 0.05) is 35.5 Å². The van der Waals surface area contributed by atoms with Gasteiger partial charge in [-0.1, -0.05) is 34.9 Å². The van der Waals surface area contributed by atoms with Gasteiger partial charge in [-0.15, -0.1) is 5.10 Å². The maximum absolute atomic E-state index is 6.01. The maximum Gasteiger partial charge on any atom is 0.318 e. The SMILES string of the molecule is Clc1cccc(-c2nnc(N3CC4C5C=CC(O5)C4C3)o2)c1. The lowest BCUT2D eigenvalue weighted by Gasteiger charge is -2.15. The summed E-state index contributed by atoms with van der Waals surface area (Å²) in [4.78, 5) is 2.17. The quantitative estimate of drug-likeness (QED) is 0.798. The van der Waals surface area contributed by atoms with Crippen molar-refractivity contribution in [2.75, 3.05) is 18.0 Å². The number of ether oxygens (including phenoxy) is 1. The summed E-state index contributed by atoms with van der Waals surface area (Å²) in [5.74, 6) is 1.58. The average molecular weight is 316 g/mol. The van der Waals surface area contributed by atoms with Gasteiger partial charge in [0.15, 0.2) is 0 Å².